The summed E-state index contributed by atoms with van der Waals surface area (Å²) < 4.78 is 1.86. The van der Waals surface area contributed by atoms with Crippen LogP contribution < -0.4 is 10.6 Å². The zero-order chi connectivity index (χ0) is 18.1. The number of amides is 2. The van der Waals surface area contributed by atoms with Crippen LogP contribution >= 0.6 is 0 Å². The number of aliphatic hydroxyl groups excluding tert-OH is 1. The van der Waals surface area contributed by atoms with Gasteiger partial charge < -0.3 is 15.7 Å². The molecule has 3 N–H and O–H groups in total. The van der Waals surface area contributed by atoms with Gasteiger partial charge in [0.25, 0.3) is 0 Å². The number of nitrogens with zero attached hydrogens (tertiary/aromatic N) is 2. The van der Waals surface area contributed by atoms with Crippen LogP contribution in [0.5, 0.6) is 0 Å². The predicted octanol–water partition coefficient (Wildman–Crippen LogP) is 1.93. The van der Waals surface area contributed by atoms with Crippen LogP contribution in [0, 0.1) is 13.8 Å². The Morgan fingerprint density at radius 2 is 2.12 bits per heavy atom. The highest BCUT2D eigenvalue weighted by Gasteiger charge is 2.32. The van der Waals surface area contributed by atoms with E-state index in [1.807, 2.05) is 56.8 Å². The first kappa shape index (κ1) is 17.5. The molecule has 0 aliphatic heterocycles. The number of aliphatic hydroxyl groups is 1. The molecule has 2 amide bonds. The summed E-state index contributed by atoms with van der Waals surface area (Å²) in [6, 6.07) is 7.19. The summed E-state index contributed by atoms with van der Waals surface area (Å²) in [6.07, 6.45) is 0.717. The summed E-state index contributed by atoms with van der Waals surface area (Å²) >= 11 is 0. The minimum Gasteiger partial charge on any atom is -0.390 e. The van der Waals surface area contributed by atoms with Gasteiger partial charge in [0.05, 0.1) is 17.8 Å². The van der Waals surface area contributed by atoms with Gasteiger partial charge in [-0.2, -0.15) is 5.10 Å². The lowest BCUT2D eigenvalue weighted by Crippen LogP contribution is -2.45. The quantitative estimate of drug-likeness (QED) is 0.794. The molecule has 1 heterocycles. The maximum absolute atomic E-state index is 12.4. The van der Waals surface area contributed by atoms with Crippen LogP contribution in [0.1, 0.15) is 41.0 Å². The number of carbonyl (C=O) groups is 1. The molecule has 0 saturated heterocycles. The molecule has 6 heteroatoms. The van der Waals surface area contributed by atoms with Crippen molar-refractivity contribution < 1.29 is 9.90 Å². The van der Waals surface area contributed by atoms with Crippen molar-refractivity contribution in [2.45, 2.75) is 51.8 Å². The van der Waals surface area contributed by atoms with Gasteiger partial charge in [0.1, 0.15) is 0 Å². The molecule has 3 rings (SSSR count). The Kier molecular flexibility index (Phi) is 4.81. The van der Waals surface area contributed by atoms with Gasteiger partial charge in [-0.3, -0.25) is 4.68 Å². The van der Waals surface area contributed by atoms with Crippen molar-refractivity contribution in [3.63, 3.8) is 0 Å². The Hall–Kier alpha value is -2.34. The van der Waals surface area contributed by atoms with E-state index in [4.69, 9.17) is 0 Å². The van der Waals surface area contributed by atoms with Crippen LogP contribution in [0.25, 0.3) is 0 Å². The number of carbonyl (C=O) groups excluding carboxylic acids is 1. The summed E-state index contributed by atoms with van der Waals surface area (Å²) in [6.45, 7) is 6.00. The lowest BCUT2D eigenvalue weighted by Gasteiger charge is -2.21. The minimum atomic E-state index is -0.582. The van der Waals surface area contributed by atoms with Crippen molar-refractivity contribution in [1.29, 1.82) is 0 Å². The average Bonchev–Trinajstić information content (AvgIpc) is 2.98. The van der Waals surface area contributed by atoms with E-state index in [2.05, 4.69) is 15.7 Å². The highest BCUT2D eigenvalue weighted by atomic mass is 16.3. The number of aromatic nitrogens is 2. The minimum absolute atomic E-state index is 0.0320. The topological polar surface area (TPSA) is 79.2 Å². The maximum Gasteiger partial charge on any atom is 0.315 e. The molecular formula is C19H26N4O2. The van der Waals surface area contributed by atoms with Crippen LogP contribution in [0.2, 0.25) is 0 Å². The molecule has 3 atom stereocenters. The maximum atomic E-state index is 12.4. The third-order valence-electron chi connectivity index (χ3n) is 5.04. The normalized spacial score (nSPS) is 20.2. The Morgan fingerprint density at radius 3 is 2.80 bits per heavy atom. The zero-order valence-electron chi connectivity index (χ0n) is 15.2. The molecule has 0 fully saturated rings. The van der Waals surface area contributed by atoms with Crippen LogP contribution in [0.15, 0.2) is 24.3 Å². The number of hydrogen-bond donors (Lipinski definition) is 3. The molecule has 25 heavy (non-hydrogen) atoms. The number of hydrogen-bond acceptors (Lipinski definition) is 3. The zero-order valence-corrected chi connectivity index (χ0v) is 15.2. The van der Waals surface area contributed by atoms with E-state index >= 15 is 0 Å². The fourth-order valence-corrected chi connectivity index (χ4v) is 3.62. The van der Waals surface area contributed by atoms with Crippen molar-refractivity contribution in [3.05, 3.63) is 52.3 Å². The van der Waals surface area contributed by atoms with Crippen molar-refractivity contribution in [1.82, 2.24) is 20.4 Å². The number of aryl methyl sites for hydroxylation is 2. The summed E-state index contributed by atoms with van der Waals surface area (Å²) in [5.41, 5.74) is 5.37. The van der Waals surface area contributed by atoms with E-state index in [-0.39, 0.29) is 18.1 Å². The molecule has 0 unspecified atom stereocenters. The lowest BCUT2D eigenvalue weighted by molar-refractivity contribution is 0.142. The highest BCUT2D eigenvalue weighted by molar-refractivity contribution is 5.75. The first-order valence-electron chi connectivity index (χ1n) is 8.68. The number of urea groups is 1. The summed E-state index contributed by atoms with van der Waals surface area (Å²) in [5.74, 6) is 0. The van der Waals surface area contributed by atoms with Gasteiger partial charge in [-0.15, -0.1) is 0 Å². The van der Waals surface area contributed by atoms with Gasteiger partial charge >= 0.3 is 6.03 Å². The second-order valence-corrected chi connectivity index (χ2v) is 6.94. The Bertz CT molecular complexity index is 784. The van der Waals surface area contributed by atoms with Crippen molar-refractivity contribution >= 4 is 6.03 Å². The smallest absolute Gasteiger partial charge is 0.315 e. The second-order valence-electron chi connectivity index (χ2n) is 6.94. The fraction of sp³-hybridized carbons (Fsp3) is 0.474. The molecule has 2 aromatic rings. The van der Waals surface area contributed by atoms with Gasteiger partial charge in [0.15, 0.2) is 0 Å². The van der Waals surface area contributed by atoms with E-state index in [0.717, 1.165) is 28.9 Å². The molecule has 0 saturated carbocycles. The first-order valence-corrected chi connectivity index (χ1v) is 8.68. The molecule has 0 spiro atoms. The van der Waals surface area contributed by atoms with Crippen LogP contribution in [-0.4, -0.2) is 33.1 Å². The van der Waals surface area contributed by atoms with Gasteiger partial charge in [0.2, 0.25) is 0 Å². The van der Waals surface area contributed by atoms with Crippen molar-refractivity contribution in [3.8, 4) is 0 Å². The number of benzene rings is 1. The standard InChI is InChI=1S/C19H26N4O2/c1-11(9-16-12(2)22-23(4)13(16)3)20-19(25)21-18-15-8-6-5-7-14(15)10-17(18)24/h5-8,11,17-18,24H,9-10H2,1-4H3,(H2,20,21,25)/t11-,17-,18+/m1/s1. The van der Waals surface area contributed by atoms with E-state index in [0.29, 0.717) is 6.42 Å². The van der Waals surface area contributed by atoms with Crippen molar-refractivity contribution in [2.24, 2.45) is 7.05 Å². The highest BCUT2D eigenvalue weighted by Crippen LogP contribution is 2.31. The summed E-state index contributed by atoms with van der Waals surface area (Å²) in [5, 5.41) is 20.6. The van der Waals surface area contributed by atoms with E-state index in [1.165, 1.54) is 5.56 Å². The first-order chi connectivity index (χ1) is 11.9. The summed E-state index contributed by atoms with van der Waals surface area (Å²) in [4.78, 5) is 12.4. The SMILES string of the molecule is Cc1nn(C)c(C)c1C[C@@H](C)NC(=O)N[C@H]1c2ccccc2C[C@H]1O. The molecular weight excluding hydrogens is 316 g/mol. The molecule has 134 valence electrons. The van der Waals surface area contributed by atoms with Crippen LogP contribution in [0.3, 0.4) is 0 Å². The third kappa shape index (κ3) is 3.54. The summed E-state index contributed by atoms with van der Waals surface area (Å²) in [7, 11) is 1.93. The van der Waals surface area contributed by atoms with E-state index in [9.17, 15) is 9.90 Å². The molecule has 6 nitrogen and oxygen atoms in total. The second kappa shape index (κ2) is 6.88. The molecule has 1 aromatic carbocycles. The molecule has 1 aromatic heterocycles. The molecule has 1 aliphatic carbocycles. The average molecular weight is 342 g/mol. The Labute approximate surface area is 148 Å². The third-order valence-corrected chi connectivity index (χ3v) is 5.04. The van der Waals surface area contributed by atoms with Crippen molar-refractivity contribution in [2.75, 3.05) is 0 Å². The van der Waals surface area contributed by atoms with Crippen LogP contribution in [-0.2, 0) is 19.9 Å². The largest absolute Gasteiger partial charge is 0.390 e. The van der Waals surface area contributed by atoms with Gasteiger partial charge in [-0.1, -0.05) is 24.3 Å². The Morgan fingerprint density at radius 1 is 1.40 bits per heavy atom. The van der Waals surface area contributed by atoms with E-state index in [1.54, 1.807) is 0 Å². The lowest BCUT2D eigenvalue weighted by atomic mass is 10.1. The van der Waals surface area contributed by atoms with Gasteiger partial charge in [-0.05, 0) is 43.9 Å². The molecule has 0 bridgehead atoms. The number of rotatable bonds is 4. The fourth-order valence-electron chi connectivity index (χ4n) is 3.62. The number of fused-ring (bicyclic) bond motifs is 1. The predicted molar refractivity (Wildman–Crippen MR) is 96.4 cm³/mol. The number of nitrogens with one attached hydrogen (secondary N) is 2. The van der Waals surface area contributed by atoms with E-state index < -0.39 is 6.10 Å². The molecule has 1 aliphatic rings. The van der Waals surface area contributed by atoms with Gasteiger partial charge in [0, 0.05) is 25.2 Å². The monoisotopic (exact) mass is 342 g/mol. The Balaban J connectivity index is 1.61. The van der Waals surface area contributed by atoms with Gasteiger partial charge in [-0.25, -0.2) is 4.79 Å². The molecule has 0 radical (unpaired) electrons. The van der Waals surface area contributed by atoms with Crippen LogP contribution in [0.4, 0.5) is 4.79 Å².